The van der Waals surface area contributed by atoms with E-state index in [1.54, 1.807) is 6.92 Å². The quantitative estimate of drug-likeness (QED) is 0.281. The molecule has 1 heterocycles. The minimum absolute atomic E-state index is 0.0710. The maximum atomic E-state index is 12.3. The molecule has 0 radical (unpaired) electrons. The number of aromatic nitrogens is 2. The van der Waals surface area contributed by atoms with Crippen molar-refractivity contribution in [3.05, 3.63) is 17.5 Å². The summed E-state index contributed by atoms with van der Waals surface area (Å²) in [5, 5.41) is 21.5. The van der Waals surface area contributed by atoms with Crippen molar-refractivity contribution in [2.75, 3.05) is 0 Å². The number of carbonyl (C=O) groups excluding carboxylic acids is 1. The third-order valence-electron chi connectivity index (χ3n) is 3.73. The first-order valence-corrected chi connectivity index (χ1v) is 6.39. The number of nitrogens with one attached hydrogen (secondary N) is 2. The Morgan fingerprint density at radius 2 is 2.21 bits per heavy atom. The monoisotopic (exact) mass is 265 g/mol. The summed E-state index contributed by atoms with van der Waals surface area (Å²) in [4.78, 5) is 12.3. The van der Waals surface area contributed by atoms with Gasteiger partial charge in [0.15, 0.2) is 5.84 Å². The zero-order valence-electron chi connectivity index (χ0n) is 10.9. The Kier molecular flexibility index (Phi) is 3.73. The number of nitrogens with two attached hydrogens (primary N) is 1. The molecule has 0 bridgehead atoms. The van der Waals surface area contributed by atoms with E-state index in [0.29, 0.717) is 24.1 Å². The number of amidine groups is 1. The van der Waals surface area contributed by atoms with Crippen LogP contribution in [0, 0.1) is 6.92 Å². The second-order valence-electron chi connectivity index (χ2n) is 4.99. The highest BCUT2D eigenvalue weighted by atomic mass is 16.4. The average molecular weight is 265 g/mol. The Balaban J connectivity index is 2.21. The van der Waals surface area contributed by atoms with Crippen molar-refractivity contribution in [2.45, 2.75) is 44.6 Å². The van der Waals surface area contributed by atoms with Crippen LogP contribution in [0.5, 0.6) is 0 Å². The molecule has 2 rings (SSSR count). The summed E-state index contributed by atoms with van der Waals surface area (Å²) in [5.41, 5.74) is 6.22. The molecule has 1 fully saturated rings. The summed E-state index contributed by atoms with van der Waals surface area (Å²) in [6.07, 6.45) is 5.84. The molecule has 1 aliphatic carbocycles. The van der Waals surface area contributed by atoms with E-state index in [2.05, 4.69) is 20.7 Å². The van der Waals surface area contributed by atoms with E-state index in [4.69, 9.17) is 10.9 Å². The second-order valence-corrected chi connectivity index (χ2v) is 4.99. The van der Waals surface area contributed by atoms with Crippen LogP contribution < -0.4 is 11.1 Å². The van der Waals surface area contributed by atoms with Gasteiger partial charge in [0.2, 0.25) is 0 Å². The zero-order valence-corrected chi connectivity index (χ0v) is 10.9. The molecular formula is C12H19N5O2. The minimum atomic E-state index is -0.742. The van der Waals surface area contributed by atoms with Crippen LogP contribution in [0.2, 0.25) is 0 Å². The largest absolute Gasteiger partial charge is 0.409 e. The van der Waals surface area contributed by atoms with Gasteiger partial charge in [-0.1, -0.05) is 24.4 Å². The number of aryl methyl sites for hydroxylation is 1. The molecule has 5 N–H and O–H groups in total. The predicted octanol–water partition coefficient (Wildman–Crippen LogP) is 0.897. The lowest BCUT2D eigenvalue weighted by atomic mass is 9.80. The van der Waals surface area contributed by atoms with Gasteiger partial charge in [0.05, 0.1) is 11.8 Å². The number of rotatable bonds is 3. The number of amides is 1. The highest BCUT2D eigenvalue weighted by molar-refractivity contribution is 6.00. The Morgan fingerprint density at radius 3 is 2.74 bits per heavy atom. The number of carbonyl (C=O) groups is 1. The van der Waals surface area contributed by atoms with E-state index < -0.39 is 5.54 Å². The van der Waals surface area contributed by atoms with Crippen LogP contribution in [0.3, 0.4) is 0 Å². The van der Waals surface area contributed by atoms with Gasteiger partial charge in [-0.15, -0.1) is 0 Å². The molecule has 0 aromatic carbocycles. The molecule has 7 nitrogen and oxygen atoms in total. The lowest BCUT2D eigenvalue weighted by molar-refractivity contribution is 0.0905. The van der Waals surface area contributed by atoms with Gasteiger partial charge in [-0.2, -0.15) is 5.10 Å². The van der Waals surface area contributed by atoms with Crippen LogP contribution in [0.25, 0.3) is 0 Å². The standard InChI is InChI=1S/C12H19N5O2/c1-8-9(7-14-16-8)10(18)15-12(11(13)17-19)5-3-2-4-6-12/h7,19H,2-6H2,1H3,(H2,13,17)(H,14,16)(H,15,18). The van der Waals surface area contributed by atoms with Gasteiger partial charge in [-0.05, 0) is 19.8 Å². The molecule has 1 saturated carbocycles. The fourth-order valence-electron chi connectivity index (χ4n) is 2.56. The lowest BCUT2D eigenvalue weighted by Gasteiger charge is -2.36. The fourth-order valence-corrected chi connectivity index (χ4v) is 2.56. The number of aromatic amines is 1. The van der Waals surface area contributed by atoms with Crippen LogP contribution in [-0.2, 0) is 0 Å². The summed E-state index contributed by atoms with van der Waals surface area (Å²) < 4.78 is 0. The highest BCUT2D eigenvalue weighted by Crippen LogP contribution is 2.29. The smallest absolute Gasteiger partial charge is 0.255 e. The van der Waals surface area contributed by atoms with Gasteiger partial charge < -0.3 is 16.3 Å². The molecule has 19 heavy (non-hydrogen) atoms. The number of oxime groups is 1. The third kappa shape index (κ3) is 2.54. The van der Waals surface area contributed by atoms with Gasteiger partial charge in [0.25, 0.3) is 5.91 Å². The molecule has 0 unspecified atom stereocenters. The van der Waals surface area contributed by atoms with E-state index in [0.717, 1.165) is 19.3 Å². The molecule has 0 spiro atoms. The van der Waals surface area contributed by atoms with Crippen molar-refractivity contribution in [1.29, 1.82) is 0 Å². The topological polar surface area (TPSA) is 116 Å². The van der Waals surface area contributed by atoms with Crippen molar-refractivity contribution < 1.29 is 10.0 Å². The first-order valence-electron chi connectivity index (χ1n) is 6.39. The maximum Gasteiger partial charge on any atom is 0.255 e. The van der Waals surface area contributed by atoms with Gasteiger partial charge in [0.1, 0.15) is 5.54 Å². The fraction of sp³-hybridized carbons (Fsp3) is 0.583. The number of hydrogen-bond donors (Lipinski definition) is 4. The van der Waals surface area contributed by atoms with Gasteiger partial charge in [0, 0.05) is 5.69 Å². The third-order valence-corrected chi connectivity index (χ3v) is 3.73. The van der Waals surface area contributed by atoms with Crippen molar-refractivity contribution >= 4 is 11.7 Å². The molecular weight excluding hydrogens is 246 g/mol. The Hall–Kier alpha value is -2.05. The maximum absolute atomic E-state index is 12.3. The molecule has 104 valence electrons. The second kappa shape index (κ2) is 5.29. The van der Waals surface area contributed by atoms with E-state index >= 15 is 0 Å². The lowest BCUT2D eigenvalue weighted by Crippen LogP contribution is -2.58. The number of H-pyrrole nitrogens is 1. The van der Waals surface area contributed by atoms with Crippen LogP contribution in [0.15, 0.2) is 11.4 Å². The normalized spacial score (nSPS) is 19.1. The van der Waals surface area contributed by atoms with Crippen LogP contribution >= 0.6 is 0 Å². The summed E-state index contributed by atoms with van der Waals surface area (Å²) in [7, 11) is 0. The van der Waals surface area contributed by atoms with E-state index in [-0.39, 0.29) is 11.7 Å². The van der Waals surface area contributed by atoms with Crippen LogP contribution in [-0.4, -0.2) is 32.7 Å². The molecule has 0 aliphatic heterocycles. The van der Waals surface area contributed by atoms with Crippen molar-refractivity contribution in [2.24, 2.45) is 10.9 Å². The van der Waals surface area contributed by atoms with Crippen molar-refractivity contribution in [3.63, 3.8) is 0 Å². The minimum Gasteiger partial charge on any atom is -0.409 e. The summed E-state index contributed by atoms with van der Waals surface area (Å²) >= 11 is 0. The van der Waals surface area contributed by atoms with Gasteiger partial charge in [-0.3, -0.25) is 9.89 Å². The first kappa shape index (κ1) is 13.4. The molecule has 1 aliphatic rings. The Bertz CT molecular complexity index is 488. The van der Waals surface area contributed by atoms with Crippen molar-refractivity contribution in [1.82, 2.24) is 15.5 Å². The van der Waals surface area contributed by atoms with Gasteiger partial charge in [-0.25, -0.2) is 0 Å². The van der Waals surface area contributed by atoms with Crippen LogP contribution in [0.4, 0.5) is 0 Å². The van der Waals surface area contributed by atoms with E-state index in [1.807, 2.05) is 0 Å². The SMILES string of the molecule is Cc1[nH]ncc1C(=O)NC1(C(N)=NO)CCCCC1. The first-order chi connectivity index (χ1) is 9.09. The molecule has 7 heteroatoms. The highest BCUT2D eigenvalue weighted by Gasteiger charge is 2.38. The Morgan fingerprint density at radius 1 is 1.53 bits per heavy atom. The predicted molar refractivity (Wildman–Crippen MR) is 70.0 cm³/mol. The summed E-state index contributed by atoms with van der Waals surface area (Å²) in [6.45, 7) is 1.78. The molecule has 1 aromatic rings. The average Bonchev–Trinajstić information content (AvgIpc) is 2.85. The number of hydrogen-bond acceptors (Lipinski definition) is 4. The number of nitrogens with zero attached hydrogens (tertiary/aromatic N) is 2. The molecule has 1 amide bonds. The molecule has 0 saturated heterocycles. The van der Waals surface area contributed by atoms with Crippen molar-refractivity contribution in [3.8, 4) is 0 Å². The molecule has 1 aromatic heterocycles. The van der Waals surface area contributed by atoms with Crippen LogP contribution in [0.1, 0.15) is 48.2 Å². The van der Waals surface area contributed by atoms with E-state index in [9.17, 15) is 4.79 Å². The zero-order chi connectivity index (χ0) is 13.9. The Labute approximate surface area is 111 Å². The van der Waals surface area contributed by atoms with Gasteiger partial charge >= 0.3 is 0 Å². The summed E-state index contributed by atoms with van der Waals surface area (Å²) in [5.74, 6) is -0.179. The molecule has 0 atom stereocenters. The summed E-state index contributed by atoms with van der Waals surface area (Å²) in [6, 6.07) is 0. The van der Waals surface area contributed by atoms with E-state index in [1.165, 1.54) is 6.20 Å².